The maximum Gasteiger partial charge on any atom is 0.190 e. The number of fused-ring (bicyclic) bond motifs is 1. The monoisotopic (exact) mass is 601 g/mol. The molecule has 3 heterocycles. The molecule has 0 radical (unpaired) electrons. The van der Waals surface area contributed by atoms with Crippen LogP contribution >= 0.6 is 23.4 Å². The largest absolute Gasteiger partial charge is 0.374 e. The Hall–Kier alpha value is -3.24. The Morgan fingerprint density at radius 3 is 1.93 bits per heavy atom. The Morgan fingerprint density at radius 1 is 0.762 bits per heavy atom. The second kappa shape index (κ2) is 13.8. The van der Waals surface area contributed by atoms with Crippen molar-refractivity contribution in [2.75, 3.05) is 12.9 Å². The Morgan fingerprint density at radius 2 is 1.33 bits per heavy atom. The van der Waals surface area contributed by atoms with E-state index in [1.54, 1.807) is 0 Å². The third kappa shape index (κ3) is 6.70. The third-order valence-corrected chi connectivity index (χ3v) is 8.05. The summed E-state index contributed by atoms with van der Waals surface area (Å²) in [5.74, 6) is 0. The van der Waals surface area contributed by atoms with E-state index in [2.05, 4.69) is 17.1 Å². The minimum absolute atomic E-state index is 0.334. The van der Waals surface area contributed by atoms with E-state index in [1.807, 2.05) is 102 Å². The van der Waals surface area contributed by atoms with Gasteiger partial charge in [0.15, 0.2) is 11.4 Å². The summed E-state index contributed by atoms with van der Waals surface area (Å²) in [6.45, 7) is 1.62. The summed E-state index contributed by atoms with van der Waals surface area (Å²) in [7, 11) is 0. The third-order valence-electron chi connectivity index (χ3n) is 7.21. The van der Waals surface area contributed by atoms with Gasteiger partial charge in [0.25, 0.3) is 0 Å². The molecule has 0 saturated carbocycles. The van der Waals surface area contributed by atoms with Crippen molar-refractivity contribution in [3.8, 4) is 0 Å². The number of aromatic nitrogens is 3. The predicted molar refractivity (Wildman–Crippen MR) is 164 cm³/mol. The molecule has 0 bridgehead atoms. The Bertz CT molecular complexity index is 1570. The zero-order valence-corrected chi connectivity index (χ0v) is 24.8. The van der Waals surface area contributed by atoms with Crippen molar-refractivity contribution in [3.63, 3.8) is 0 Å². The lowest BCUT2D eigenvalue weighted by atomic mass is 10.1. The van der Waals surface area contributed by atoms with Crippen LogP contribution < -0.4 is 0 Å². The lowest BCUT2D eigenvalue weighted by Crippen LogP contribution is -2.38. The van der Waals surface area contributed by atoms with Gasteiger partial charge in [-0.2, -0.15) is 0 Å². The van der Waals surface area contributed by atoms with E-state index in [1.165, 1.54) is 11.8 Å². The van der Waals surface area contributed by atoms with Gasteiger partial charge in [0.1, 0.15) is 29.1 Å². The number of rotatable bonds is 12. The van der Waals surface area contributed by atoms with Crippen LogP contribution in [0.5, 0.6) is 0 Å². The molecule has 7 nitrogen and oxygen atoms in total. The summed E-state index contributed by atoms with van der Waals surface area (Å²) < 4.78 is 28.2. The zero-order valence-electron chi connectivity index (χ0n) is 23.2. The number of halogens is 1. The molecule has 0 aliphatic carbocycles. The number of nitrogens with zero attached hydrogens (tertiary/aromatic N) is 3. The molecule has 6 rings (SSSR count). The van der Waals surface area contributed by atoms with E-state index in [-0.39, 0.29) is 0 Å². The first kappa shape index (κ1) is 28.9. The molecule has 1 aliphatic heterocycles. The minimum atomic E-state index is -0.530. The number of hydrogen-bond acceptors (Lipinski definition) is 7. The zero-order chi connectivity index (χ0) is 28.7. The number of ether oxygens (including phenoxy) is 4. The van der Waals surface area contributed by atoms with Crippen LogP contribution in [0.25, 0.3) is 11.0 Å². The Balaban J connectivity index is 1.32. The van der Waals surface area contributed by atoms with E-state index in [9.17, 15) is 0 Å². The lowest BCUT2D eigenvalue weighted by Gasteiger charge is -2.26. The highest BCUT2D eigenvalue weighted by Gasteiger charge is 2.48. The van der Waals surface area contributed by atoms with Crippen LogP contribution in [0.3, 0.4) is 0 Å². The van der Waals surface area contributed by atoms with Crippen molar-refractivity contribution < 1.29 is 18.9 Å². The molecule has 1 aliphatic rings. The van der Waals surface area contributed by atoms with Crippen LogP contribution in [0.15, 0.2) is 108 Å². The highest BCUT2D eigenvalue weighted by molar-refractivity contribution is 7.98. The summed E-state index contributed by atoms with van der Waals surface area (Å²) in [6, 6.07) is 32.2. The molecule has 9 heteroatoms. The van der Waals surface area contributed by atoms with Crippen LogP contribution in [0.2, 0.25) is 5.15 Å². The smallest absolute Gasteiger partial charge is 0.190 e. The summed E-state index contributed by atoms with van der Waals surface area (Å²) >= 11 is 7.99. The van der Waals surface area contributed by atoms with Crippen LogP contribution in [0.4, 0.5) is 0 Å². The molecular weight excluding hydrogens is 570 g/mol. The molecule has 42 heavy (non-hydrogen) atoms. The fourth-order valence-electron chi connectivity index (χ4n) is 5.12. The van der Waals surface area contributed by atoms with Gasteiger partial charge in [-0.15, -0.1) is 0 Å². The van der Waals surface area contributed by atoms with Gasteiger partial charge < -0.3 is 23.5 Å². The molecule has 216 valence electrons. The maximum absolute atomic E-state index is 6.75. The van der Waals surface area contributed by atoms with Crippen molar-refractivity contribution in [3.05, 3.63) is 125 Å². The Kier molecular flexibility index (Phi) is 9.50. The lowest BCUT2D eigenvalue weighted by molar-refractivity contribution is -0.0913. The molecule has 2 aromatic heterocycles. The van der Waals surface area contributed by atoms with E-state index < -0.39 is 24.5 Å². The van der Waals surface area contributed by atoms with Gasteiger partial charge in [0.2, 0.25) is 0 Å². The van der Waals surface area contributed by atoms with Crippen LogP contribution in [-0.4, -0.2) is 45.7 Å². The van der Waals surface area contributed by atoms with E-state index in [0.29, 0.717) is 42.4 Å². The van der Waals surface area contributed by atoms with E-state index >= 15 is 0 Å². The second-order valence-corrected chi connectivity index (χ2v) is 11.2. The summed E-state index contributed by atoms with van der Waals surface area (Å²) in [5, 5.41) is 1.75. The number of thioether (sulfide) groups is 1. The Labute approximate surface area is 254 Å². The molecule has 1 fully saturated rings. The van der Waals surface area contributed by atoms with Crippen LogP contribution in [-0.2, 0) is 38.8 Å². The van der Waals surface area contributed by atoms with Crippen molar-refractivity contribution in [1.29, 1.82) is 0 Å². The molecular formula is C33H32ClN3O4S. The average molecular weight is 602 g/mol. The summed E-state index contributed by atoms with van der Waals surface area (Å²) in [4.78, 5) is 9.18. The molecule has 0 unspecified atom stereocenters. The first-order valence-electron chi connectivity index (χ1n) is 13.9. The predicted octanol–water partition coefficient (Wildman–Crippen LogP) is 7.09. The standard InChI is InChI=1S/C33H32ClN3O4S/c1-42-33-35-30(34)26-17-18-37(31(26)36-33)32-29(40-21-25-15-9-4-10-16-25)28(39-20-24-13-7-3-8-14-24)27(41-32)22-38-19-23-11-5-2-6-12-23/h2-18,27-29,32H,19-22H2,1H3/t27-,28-,29+,32-/m1/s1. The highest BCUT2D eigenvalue weighted by Crippen LogP contribution is 2.38. The highest BCUT2D eigenvalue weighted by atomic mass is 35.5. The van der Waals surface area contributed by atoms with Gasteiger partial charge in [-0.1, -0.05) is 114 Å². The van der Waals surface area contributed by atoms with E-state index in [0.717, 1.165) is 22.1 Å². The average Bonchev–Trinajstić information content (AvgIpc) is 3.61. The quantitative estimate of drug-likeness (QED) is 0.0859. The van der Waals surface area contributed by atoms with E-state index in [4.69, 9.17) is 35.5 Å². The van der Waals surface area contributed by atoms with Crippen molar-refractivity contribution in [2.24, 2.45) is 0 Å². The second-order valence-electron chi connectivity index (χ2n) is 10.0. The molecule has 0 N–H and O–H groups in total. The number of hydrogen-bond donors (Lipinski definition) is 0. The minimum Gasteiger partial charge on any atom is -0.374 e. The van der Waals surface area contributed by atoms with Crippen molar-refractivity contribution in [2.45, 2.75) is 49.5 Å². The maximum atomic E-state index is 6.75. The molecule has 3 aromatic carbocycles. The van der Waals surface area contributed by atoms with Gasteiger partial charge in [-0.05, 0) is 29.0 Å². The van der Waals surface area contributed by atoms with Crippen LogP contribution in [0, 0.1) is 0 Å². The topological polar surface area (TPSA) is 67.6 Å². The summed E-state index contributed by atoms with van der Waals surface area (Å²) in [6.07, 6.45) is 2.07. The molecule has 0 amide bonds. The fourth-order valence-corrected chi connectivity index (χ4v) is 5.76. The van der Waals surface area contributed by atoms with Gasteiger partial charge in [0, 0.05) is 6.20 Å². The first-order chi connectivity index (χ1) is 20.7. The van der Waals surface area contributed by atoms with Crippen molar-refractivity contribution in [1.82, 2.24) is 14.5 Å². The summed E-state index contributed by atoms with van der Waals surface area (Å²) in [5.41, 5.74) is 3.92. The van der Waals surface area contributed by atoms with Gasteiger partial charge in [-0.3, -0.25) is 0 Å². The van der Waals surface area contributed by atoms with Crippen molar-refractivity contribution >= 4 is 34.4 Å². The SMILES string of the molecule is CSc1nc(Cl)c2ccn([C@@H]3O[C@H](COCc4ccccc4)[C@@H](OCc4ccccc4)[C@@H]3OCc3ccccc3)c2n1. The van der Waals surface area contributed by atoms with Gasteiger partial charge in [-0.25, -0.2) is 9.97 Å². The molecule has 0 spiro atoms. The van der Waals surface area contributed by atoms with Gasteiger partial charge >= 0.3 is 0 Å². The normalized spacial score (nSPS) is 20.3. The molecule has 4 atom stereocenters. The number of benzene rings is 3. The van der Waals surface area contributed by atoms with Crippen LogP contribution in [0.1, 0.15) is 22.9 Å². The molecule has 1 saturated heterocycles. The molecule has 5 aromatic rings. The fraction of sp³-hybridized carbons (Fsp3) is 0.273. The first-order valence-corrected chi connectivity index (χ1v) is 15.5. The van der Waals surface area contributed by atoms with Gasteiger partial charge in [0.05, 0.1) is 31.8 Å².